The molecule has 0 saturated carbocycles. The zero-order valence-electron chi connectivity index (χ0n) is 11.3. The SMILES string of the molecule is CCC1CCCCCN1Cc1cc(Br)c(O)c(Br)c1. The second kappa shape index (κ2) is 7.09. The van der Waals surface area contributed by atoms with Crippen LogP contribution in [0.15, 0.2) is 21.1 Å². The van der Waals surface area contributed by atoms with E-state index in [4.69, 9.17) is 0 Å². The van der Waals surface area contributed by atoms with Crippen molar-refractivity contribution in [3.8, 4) is 5.75 Å². The average Bonchev–Trinajstić information content (AvgIpc) is 2.61. The zero-order chi connectivity index (χ0) is 13.8. The van der Waals surface area contributed by atoms with Crippen LogP contribution in [0.3, 0.4) is 0 Å². The van der Waals surface area contributed by atoms with Crippen molar-refractivity contribution < 1.29 is 5.11 Å². The number of likely N-dealkylation sites (tertiary alicyclic amines) is 1. The first-order chi connectivity index (χ1) is 9.11. The molecule has 0 amide bonds. The highest BCUT2D eigenvalue weighted by atomic mass is 79.9. The van der Waals surface area contributed by atoms with Crippen LogP contribution in [-0.4, -0.2) is 22.6 Å². The van der Waals surface area contributed by atoms with E-state index in [0.29, 0.717) is 6.04 Å². The van der Waals surface area contributed by atoms with Gasteiger partial charge in [0.15, 0.2) is 0 Å². The summed E-state index contributed by atoms with van der Waals surface area (Å²) in [5, 5.41) is 9.77. The van der Waals surface area contributed by atoms with Gasteiger partial charge in [-0.1, -0.05) is 19.8 Å². The van der Waals surface area contributed by atoms with E-state index in [9.17, 15) is 5.11 Å². The number of rotatable bonds is 3. The molecule has 1 saturated heterocycles. The number of phenols is 1. The van der Waals surface area contributed by atoms with Gasteiger partial charge in [0.1, 0.15) is 5.75 Å². The minimum Gasteiger partial charge on any atom is -0.506 e. The molecule has 2 rings (SSSR count). The van der Waals surface area contributed by atoms with E-state index in [-0.39, 0.29) is 5.75 Å². The van der Waals surface area contributed by atoms with Crippen molar-refractivity contribution in [1.82, 2.24) is 4.90 Å². The fourth-order valence-electron chi connectivity index (χ4n) is 2.85. The molecular formula is C15H21Br2NO. The number of benzene rings is 1. The van der Waals surface area contributed by atoms with Crippen LogP contribution in [0.4, 0.5) is 0 Å². The Bertz CT molecular complexity index is 413. The standard InChI is InChI=1S/C15H21Br2NO/c1-2-12-6-4-3-5-7-18(12)10-11-8-13(16)15(19)14(17)9-11/h8-9,12,19H,2-7,10H2,1H3. The molecule has 106 valence electrons. The normalized spacial score (nSPS) is 21.3. The lowest BCUT2D eigenvalue weighted by atomic mass is 10.1. The Kier molecular flexibility index (Phi) is 5.72. The van der Waals surface area contributed by atoms with Crippen LogP contribution in [-0.2, 0) is 6.54 Å². The maximum absolute atomic E-state index is 9.77. The third kappa shape index (κ3) is 3.96. The van der Waals surface area contributed by atoms with Gasteiger partial charge in [0.05, 0.1) is 8.95 Å². The van der Waals surface area contributed by atoms with Crippen LogP contribution < -0.4 is 0 Å². The Morgan fingerprint density at radius 2 is 1.89 bits per heavy atom. The lowest BCUT2D eigenvalue weighted by Crippen LogP contribution is -2.33. The summed E-state index contributed by atoms with van der Waals surface area (Å²) in [5.41, 5.74) is 1.25. The third-order valence-corrected chi connectivity index (χ3v) is 5.14. The fourth-order valence-corrected chi connectivity index (χ4v) is 4.13. The maximum Gasteiger partial charge on any atom is 0.143 e. The number of hydrogen-bond donors (Lipinski definition) is 1. The Morgan fingerprint density at radius 1 is 1.21 bits per heavy atom. The maximum atomic E-state index is 9.77. The molecule has 0 radical (unpaired) electrons. The first kappa shape index (κ1) is 15.3. The van der Waals surface area contributed by atoms with Gasteiger partial charge in [0.25, 0.3) is 0 Å². The minimum atomic E-state index is 0.284. The molecule has 1 aromatic rings. The summed E-state index contributed by atoms with van der Waals surface area (Å²) in [6, 6.07) is 4.75. The van der Waals surface area contributed by atoms with Gasteiger partial charge >= 0.3 is 0 Å². The molecule has 1 aliphatic rings. The number of hydrogen-bond acceptors (Lipinski definition) is 2. The molecule has 0 spiro atoms. The summed E-state index contributed by atoms with van der Waals surface area (Å²) in [4.78, 5) is 2.60. The molecule has 0 bridgehead atoms. The smallest absolute Gasteiger partial charge is 0.143 e. The average molecular weight is 391 g/mol. The minimum absolute atomic E-state index is 0.284. The van der Waals surface area contributed by atoms with Crippen LogP contribution in [0.2, 0.25) is 0 Å². The first-order valence-electron chi connectivity index (χ1n) is 7.02. The van der Waals surface area contributed by atoms with Gasteiger partial charge in [0.2, 0.25) is 0 Å². The van der Waals surface area contributed by atoms with Crippen molar-refractivity contribution in [3.63, 3.8) is 0 Å². The second-order valence-electron chi connectivity index (χ2n) is 5.29. The number of aromatic hydroxyl groups is 1. The van der Waals surface area contributed by atoms with Gasteiger partial charge in [-0.15, -0.1) is 0 Å². The van der Waals surface area contributed by atoms with E-state index < -0.39 is 0 Å². The van der Waals surface area contributed by atoms with Gasteiger partial charge in [-0.25, -0.2) is 0 Å². The van der Waals surface area contributed by atoms with Crippen LogP contribution in [0.25, 0.3) is 0 Å². The quantitative estimate of drug-likeness (QED) is 0.778. The lowest BCUT2D eigenvalue weighted by Gasteiger charge is -2.29. The van der Waals surface area contributed by atoms with Crippen LogP contribution in [0, 0.1) is 0 Å². The molecule has 1 N–H and O–H groups in total. The number of phenolic OH excluding ortho intramolecular Hbond substituents is 1. The van der Waals surface area contributed by atoms with Gasteiger partial charge in [-0.2, -0.15) is 0 Å². The molecule has 0 aliphatic carbocycles. The third-order valence-electron chi connectivity index (χ3n) is 3.93. The van der Waals surface area contributed by atoms with Crippen LogP contribution >= 0.6 is 31.9 Å². The van der Waals surface area contributed by atoms with E-state index in [1.165, 1.54) is 44.2 Å². The Hall–Kier alpha value is -0.0600. The molecule has 1 aromatic carbocycles. The molecule has 1 atom stereocenters. The van der Waals surface area contributed by atoms with Crippen LogP contribution in [0.1, 0.15) is 44.6 Å². The molecule has 1 heterocycles. The van der Waals surface area contributed by atoms with Crippen molar-refractivity contribution in [2.75, 3.05) is 6.54 Å². The molecular weight excluding hydrogens is 370 g/mol. The number of halogens is 2. The zero-order valence-corrected chi connectivity index (χ0v) is 14.5. The van der Waals surface area contributed by atoms with Crippen LogP contribution in [0.5, 0.6) is 5.75 Å². The monoisotopic (exact) mass is 389 g/mol. The van der Waals surface area contributed by atoms with E-state index in [1.54, 1.807) is 0 Å². The lowest BCUT2D eigenvalue weighted by molar-refractivity contribution is 0.186. The van der Waals surface area contributed by atoms with Crippen molar-refractivity contribution in [2.45, 2.75) is 51.6 Å². The number of nitrogens with zero attached hydrogens (tertiary/aromatic N) is 1. The Labute approximate surface area is 132 Å². The second-order valence-corrected chi connectivity index (χ2v) is 7.00. The van der Waals surface area contributed by atoms with Crippen molar-refractivity contribution in [2.24, 2.45) is 0 Å². The van der Waals surface area contributed by atoms with Gasteiger partial charge < -0.3 is 5.11 Å². The summed E-state index contributed by atoms with van der Waals surface area (Å²) in [7, 11) is 0. The highest BCUT2D eigenvalue weighted by Crippen LogP contribution is 2.34. The molecule has 1 aliphatic heterocycles. The highest BCUT2D eigenvalue weighted by Gasteiger charge is 2.20. The van der Waals surface area contributed by atoms with Gasteiger partial charge in [0, 0.05) is 12.6 Å². The summed E-state index contributed by atoms with van der Waals surface area (Å²) in [5.74, 6) is 0.284. The molecule has 2 nitrogen and oxygen atoms in total. The van der Waals surface area contributed by atoms with Gasteiger partial charge in [-0.3, -0.25) is 4.90 Å². The molecule has 1 fully saturated rings. The fraction of sp³-hybridized carbons (Fsp3) is 0.600. The summed E-state index contributed by atoms with van der Waals surface area (Å²) >= 11 is 6.82. The van der Waals surface area contributed by atoms with E-state index in [0.717, 1.165) is 15.5 Å². The first-order valence-corrected chi connectivity index (χ1v) is 8.61. The predicted octanol–water partition coefficient (Wildman–Crippen LogP) is 5.07. The van der Waals surface area contributed by atoms with Crippen molar-refractivity contribution in [3.05, 3.63) is 26.6 Å². The van der Waals surface area contributed by atoms with Crippen molar-refractivity contribution >= 4 is 31.9 Å². The molecule has 4 heteroatoms. The summed E-state index contributed by atoms with van der Waals surface area (Å²) < 4.78 is 1.53. The molecule has 1 unspecified atom stereocenters. The topological polar surface area (TPSA) is 23.5 Å². The Balaban J connectivity index is 2.14. The molecule has 0 aromatic heterocycles. The van der Waals surface area contributed by atoms with Crippen molar-refractivity contribution in [1.29, 1.82) is 0 Å². The highest BCUT2D eigenvalue weighted by molar-refractivity contribution is 9.11. The summed E-state index contributed by atoms with van der Waals surface area (Å²) in [6.07, 6.45) is 6.56. The van der Waals surface area contributed by atoms with Gasteiger partial charge in [-0.05, 0) is 75.4 Å². The Morgan fingerprint density at radius 3 is 2.53 bits per heavy atom. The van der Waals surface area contributed by atoms with E-state index in [2.05, 4.69) is 43.7 Å². The largest absolute Gasteiger partial charge is 0.506 e. The molecule has 19 heavy (non-hydrogen) atoms. The van der Waals surface area contributed by atoms with E-state index in [1.807, 2.05) is 12.1 Å². The van der Waals surface area contributed by atoms with E-state index >= 15 is 0 Å². The predicted molar refractivity (Wildman–Crippen MR) is 86.5 cm³/mol. The summed E-state index contributed by atoms with van der Waals surface area (Å²) in [6.45, 7) is 4.44.